The third kappa shape index (κ3) is 5.37. The summed E-state index contributed by atoms with van der Waals surface area (Å²) in [5.74, 6) is -0.233. The molecule has 0 saturated carbocycles. The van der Waals surface area contributed by atoms with Crippen molar-refractivity contribution in [2.24, 2.45) is 0 Å². The van der Waals surface area contributed by atoms with Gasteiger partial charge in [0.05, 0.1) is 29.5 Å². The zero-order valence-corrected chi connectivity index (χ0v) is 16.4. The van der Waals surface area contributed by atoms with E-state index in [1.165, 1.54) is 28.6 Å². The number of carbonyl (C=O) groups excluding carboxylic acids is 1. The van der Waals surface area contributed by atoms with E-state index in [4.69, 9.17) is 4.74 Å². The molecular weight excluding hydrogens is 398 g/mol. The maximum Gasteiger partial charge on any atom is 0.269 e. The lowest BCUT2D eigenvalue weighted by Gasteiger charge is -2.26. The van der Waals surface area contributed by atoms with Gasteiger partial charge < -0.3 is 10.1 Å². The monoisotopic (exact) mass is 419 g/mol. The van der Waals surface area contributed by atoms with Gasteiger partial charge in [-0.3, -0.25) is 14.9 Å². The van der Waals surface area contributed by atoms with E-state index in [0.29, 0.717) is 31.9 Å². The molecule has 0 bridgehead atoms. The van der Waals surface area contributed by atoms with Gasteiger partial charge in [0.2, 0.25) is 15.9 Å². The number of hydrogen-bond donors (Lipinski definition) is 1. The molecule has 0 atom stereocenters. The van der Waals surface area contributed by atoms with Crippen molar-refractivity contribution >= 4 is 21.6 Å². The van der Waals surface area contributed by atoms with E-state index in [1.807, 2.05) is 0 Å². The molecule has 0 aliphatic carbocycles. The van der Waals surface area contributed by atoms with Crippen molar-refractivity contribution in [1.82, 2.24) is 9.62 Å². The molecule has 2 aromatic rings. The minimum absolute atomic E-state index is 0.0266. The topological polar surface area (TPSA) is 119 Å². The zero-order chi connectivity index (χ0) is 20.9. The molecular formula is C19H21N3O6S. The van der Waals surface area contributed by atoms with Crippen molar-refractivity contribution < 1.29 is 22.9 Å². The van der Waals surface area contributed by atoms with Crippen LogP contribution in [0, 0.1) is 10.1 Å². The predicted molar refractivity (Wildman–Crippen MR) is 105 cm³/mol. The number of benzene rings is 2. The number of nitrogens with one attached hydrogen (secondary N) is 1. The van der Waals surface area contributed by atoms with Crippen LogP contribution in [-0.2, 0) is 32.5 Å². The Morgan fingerprint density at radius 3 is 2.21 bits per heavy atom. The molecule has 0 spiro atoms. The van der Waals surface area contributed by atoms with Crippen LogP contribution >= 0.6 is 0 Å². The molecule has 0 unspecified atom stereocenters. The fourth-order valence-corrected chi connectivity index (χ4v) is 4.31. The van der Waals surface area contributed by atoms with Crippen LogP contribution in [0.2, 0.25) is 0 Å². The van der Waals surface area contributed by atoms with Crippen LogP contribution in [0.15, 0.2) is 53.4 Å². The number of nitro benzene ring substituents is 1. The average molecular weight is 419 g/mol. The highest BCUT2D eigenvalue weighted by Gasteiger charge is 2.26. The summed E-state index contributed by atoms with van der Waals surface area (Å²) in [5.41, 5.74) is 1.41. The van der Waals surface area contributed by atoms with E-state index in [1.54, 1.807) is 24.3 Å². The number of non-ortho nitro benzene ring substituents is 1. The van der Waals surface area contributed by atoms with E-state index < -0.39 is 14.9 Å². The van der Waals surface area contributed by atoms with Crippen molar-refractivity contribution in [1.29, 1.82) is 0 Å². The van der Waals surface area contributed by atoms with Gasteiger partial charge in [-0.25, -0.2) is 8.42 Å². The van der Waals surface area contributed by atoms with Gasteiger partial charge >= 0.3 is 0 Å². The molecule has 9 nitrogen and oxygen atoms in total. The largest absolute Gasteiger partial charge is 0.379 e. The maximum absolute atomic E-state index is 12.6. The standard InChI is InChI=1S/C19H21N3O6S/c23-19(13-15-1-5-17(6-2-15)22(24)25)20-14-16-3-7-18(8-4-16)29(26,27)21-9-11-28-12-10-21/h1-8H,9-14H2,(H,20,23). The highest BCUT2D eigenvalue weighted by Crippen LogP contribution is 2.18. The lowest BCUT2D eigenvalue weighted by molar-refractivity contribution is -0.384. The molecule has 1 amide bonds. The number of nitro groups is 1. The number of hydrogen-bond acceptors (Lipinski definition) is 6. The van der Waals surface area contributed by atoms with Gasteiger partial charge in [0.25, 0.3) is 5.69 Å². The van der Waals surface area contributed by atoms with E-state index in [-0.39, 0.29) is 29.5 Å². The molecule has 2 aromatic carbocycles. The fraction of sp³-hybridized carbons (Fsp3) is 0.316. The summed E-state index contributed by atoms with van der Waals surface area (Å²) in [5, 5.41) is 13.4. The second kappa shape index (κ2) is 9.12. The zero-order valence-electron chi connectivity index (χ0n) is 15.6. The average Bonchev–Trinajstić information content (AvgIpc) is 2.73. The summed E-state index contributed by atoms with van der Waals surface area (Å²) in [6.07, 6.45) is 0.0987. The first-order valence-corrected chi connectivity index (χ1v) is 10.5. The number of ether oxygens (including phenoxy) is 1. The molecule has 0 aromatic heterocycles. The molecule has 29 heavy (non-hydrogen) atoms. The normalized spacial score (nSPS) is 15.0. The van der Waals surface area contributed by atoms with Gasteiger partial charge in [0, 0.05) is 31.8 Å². The molecule has 1 N–H and O–H groups in total. The molecule has 0 radical (unpaired) electrons. The third-order valence-corrected chi connectivity index (χ3v) is 6.45. The van der Waals surface area contributed by atoms with Crippen molar-refractivity contribution in [3.63, 3.8) is 0 Å². The number of sulfonamides is 1. The lowest BCUT2D eigenvalue weighted by Crippen LogP contribution is -2.40. The SMILES string of the molecule is O=C(Cc1ccc([N+](=O)[O-])cc1)NCc1ccc(S(=O)(=O)N2CCOCC2)cc1. The molecule has 1 aliphatic rings. The maximum atomic E-state index is 12.6. The van der Waals surface area contributed by atoms with Crippen LogP contribution < -0.4 is 5.32 Å². The summed E-state index contributed by atoms with van der Waals surface area (Å²) in [6, 6.07) is 12.2. The van der Waals surface area contributed by atoms with Crippen LogP contribution in [0.4, 0.5) is 5.69 Å². The Bertz CT molecular complexity index is 968. The Kier molecular flexibility index (Phi) is 6.57. The van der Waals surface area contributed by atoms with Crippen molar-refractivity contribution in [3.8, 4) is 0 Å². The van der Waals surface area contributed by atoms with Crippen molar-refractivity contribution in [2.75, 3.05) is 26.3 Å². The molecule has 154 valence electrons. The first-order valence-electron chi connectivity index (χ1n) is 9.03. The Morgan fingerprint density at radius 1 is 1.03 bits per heavy atom. The molecule has 1 fully saturated rings. The smallest absolute Gasteiger partial charge is 0.269 e. The Hall–Kier alpha value is -2.82. The summed E-state index contributed by atoms with van der Waals surface area (Å²) >= 11 is 0. The number of amides is 1. The Labute approximate surface area is 168 Å². The van der Waals surface area contributed by atoms with Gasteiger partial charge in [-0.2, -0.15) is 4.31 Å². The second-order valence-electron chi connectivity index (χ2n) is 6.54. The first kappa shape index (κ1) is 20.9. The highest BCUT2D eigenvalue weighted by atomic mass is 32.2. The first-order chi connectivity index (χ1) is 13.9. The third-order valence-electron chi connectivity index (χ3n) is 4.53. The van der Waals surface area contributed by atoms with Crippen LogP contribution in [0.3, 0.4) is 0 Å². The minimum Gasteiger partial charge on any atom is -0.379 e. The highest BCUT2D eigenvalue weighted by molar-refractivity contribution is 7.89. The van der Waals surface area contributed by atoms with Gasteiger partial charge in [-0.05, 0) is 23.3 Å². The molecule has 3 rings (SSSR count). The van der Waals surface area contributed by atoms with Crippen LogP contribution in [-0.4, -0.2) is 49.9 Å². The van der Waals surface area contributed by atoms with E-state index >= 15 is 0 Å². The van der Waals surface area contributed by atoms with Gasteiger partial charge in [0.15, 0.2) is 0 Å². The minimum atomic E-state index is -3.54. The summed E-state index contributed by atoms with van der Waals surface area (Å²) in [6.45, 7) is 1.70. The summed E-state index contributed by atoms with van der Waals surface area (Å²) < 4.78 is 31.8. The molecule has 1 aliphatic heterocycles. The number of rotatable bonds is 7. The number of morpholine rings is 1. The molecule has 10 heteroatoms. The van der Waals surface area contributed by atoms with Gasteiger partial charge in [0.1, 0.15) is 0 Å². The van der Waals surface area contributed by atoms with E-state index in [2.05, 4.69) is 5.32 Å². The molecule has 1 saturated heterocycles. The quantitative estimate of drug-likeness (QED) is 0.536. The lowest BCUT2D eigenvalue weighted by atomic mass is 10.1. The number of nitrogens with zero attached hydrogens (tertiary/aromatic N) is 2. The van der Waals surface area contributed by atoms with Gasteiger partial charge in [-0.15, -0.1) is 0 Å². The van der Waals surface area contributed by atoms with Crippen LogP contribution in [0.25, 0.3) is 0 Å². The molecule has 1 heterocycles. The van der Waals surface area contributed by atoms with Gasteiger partial charge in [-0.1, -0.05) is 24.3 Å². The van der Waals surface area contributed by atoms with Crippen LogP contribution in [0.5, 0.6) is 0 Å². The second-order valence-corrected chi connectivity index (χ2v) is 8.48. The van der Waals surface area contributed by atoms with E-state index in [0.717, 1.165) is 5.56 Å². The van der Waals surface area contributed by atoms with Crippen molar-refractivity contribution in [3.05, 3.63) is 69.8 Å². The fourth-order valence-electron chi connectivity index (χ4n) is 2.90. The summed E-state index contributed by atoms with van der Waals surface area (Å²) in [4.78, 5) is 22.4. The Morgan fingerprint density at radius 2 is 1.62 bits per heavy atom. The van der Waals surface area contributed by atoms with E-state index in [9.17, 15) is 23.3 Å². The number of carbonyl (C=O) groups is 1. The van der Waals surface area contributed by atoms with Crippen LogP contribution in [0.1, 0.15) is 11.1 Å². The predicted octanol–water partition coefficient (Wildman–Crippen LogP) is 1.47. The van der Waals surface area contributed by atoms with Crippen molar-refractivity contribution in [2.45, 2.75) is 17.9 Å². The Balaban J connectivity index is 1.54. The summed E-state index contributed by atoms with van der Waals surface area (Å²) in [7, 11) is -3.54.